The van der Waals surface area contributed by atoms with Crippen molar-refractivity contribution in [3.05, 3.63) is 59.7 Å². The number of hydrogen-bond acceptors (Lipinski definition) is 6. The molecular weight excluding hydrogens is 372 g/mol. The van der Waals surface area contributed by atoms with Gasteiger partial charge in [0.25, 0.3) is 0 Å². The first kappa shape index (κ1) is 18.6. The Balaban J connectivity index is 1.41. The standard InChI is InChI=1S/C21H22N4O2S/c1-14(20(26)22-13-15-7-9-16(27-2)10-8-15)28-21-24-18-6-4-3-5-17(18)19-11-12-23-25(19)21/h3-10,12,14,19H,11,13H2,1-2H3,(H,22,26)/t14-,19+/m0/s1. The molecule has 0 aliphatic carbocycles. The molecule has 2 atom stereocenters. The Labute approximate surface area is 168 Å². The lowest BCUT2D eigenvalue weighted by Crippen LogP contribution is -2.34. The van der Waals surface area contributed by atoms with E-state index in [-0.39, 0.29) is 17.2 Å². The smallest absolute Gasteiger partial charge is 0.233 e. The van der Waals surface area contributed by atoms with Crippen molar-refractivity contribution in [2.75, 3.05) is 7.11 Å². The van der Waals surface area contributed by atoms with Crippen LogP contribution in [0.3, 0.4) is 0 Å². The van der Waals surface area contributed by atoms with Gasteiger partial charge in [-0.25, -0.2) is 10.0 Å². The Morgan fingerprint density at radius 3 is 2.86 bits per heavy atom. The highest BCUT2D eigenvalue weighted by Gasteiger charge is 2.34. The fraction of sp³-hybridized carbons (Fsp3) is 0.286. The average Bonchev–Trinajstić information content (AvgIpc) is 3.23. The molecule has 0 saturated heterocycles. The molecule has 144 valence electrons. The number of hydrazone groups is 1. The molecular formula is C21H22N4O2S. The van der Waals surface area contributed by atoms with Crippen molar-refractivity contribution in [3.63, 3.8) is 0 Å². The van der Waals surface area contributed by atoms with Crippen molar-refractivity contribution in [1.29, 1.82) is 0 Å². The fourth-order valence-corrected chi connectivity index (χ4v) is 4.19. The van der Waals surface area contributed by atoms with Gasteiger partial charge in [0.05, 0.1) is 24.1 Å². The van der Waals surface area contributed by atoms with Crippen molar-refractivity contribution >= 4 is 34.7 Å². The summed E-state index contributed by atoms with van der Waals surface area (Å²) in [5.41, 5.74) is 3.17. The largest absolute Gasteiger partial charge is 0.497 e. The minimum atomic E-state index is -0.279. The highest BCUT2D eigenvalue weighted by molar-refractivity contribution is 8.14. The van der Waals surface area contributed by atoms with E-state index < -0.39 is 0 Å². The second-order valence-corrected chi connectivity index (χ2v) is 7.98. The number of fused-ring (bicyclic) bond motifs is 3. The van der Waals surface area contributed by atoms with Gasteiger partial charge in [-0.05, 0) is 30.7 Å². The van der Waals surface area contributed by atoms with Crippen LogP contribution in [0.5, 0.6) is 5.75 Å². The van der Waals surface area contributed by atoms with Crippen LogP contribution in [0.4, 0.5) is 5.69 Å². The maximum atomic E-state index is 12.6. The zero-order valence-electron chi connectivity index (χ0n) is 15.8. The Kier molecular flexibility index (Phi) is 5.34. The number of hydrogen-bond donors (Lipinski definition) is 1. The van der Waals surface area contributed by atoms with E-state index in [4.69, 9.17) is 9.73 Å². The SMILES string of the molecule is COc1ccc(CNC(=O)[C@H](C)SC2=Nc3ccccc3[C@H]3CC=NN23)cc1. The van der Waals surface area contributed by atoms with E-state index in [2.05, 4.69) is 16.5 Å². The molecule has 2 aliphatic rings. The summed E-state index contributed by atoms with van der Waals surface area (Å²) >= 11 is 1.44. The van der Waals surface area contributed by atoms with Gasteiger partial charge in [-0.2, -0.15) is 5.10 Å². The number of para-hydroxylation sites is 1. The second-order valence-electron chi connectivity index (χ2n) is 6.67. The van der Waals surface area contributed by atoms with Gasteiger partial charge in [0, 0.05) is 24.7 Å². The van der Waals surface area contributed by atoms with Crippen LogP contribution in [-0.2, 0) is 11.3 Å². The van der Waals surface area contributed by atoms with Gasteiger partial charge in [0.1, 0.15) is 5.75 Å². The summed E-state index contributed by atoms with van der Waals surface area (Å²) in [5, 5.41) is 9.89. The topological polar surface area (TPSA) is 66.3 Å². The normalized spacial score (nSPS) is 18.1. The Hall–Kier alpha value is -2.80. The van der Waals surface area contributed by atoms with Crippen LogP contribution in [0.2, 0.25) is 0 Å². The van der Waals surface area contributed by atoms with Gasteiger partial charge in [-0.3, -0.25) is 4.79 Å². The lowest BCUT2D eigenvalue weighted by molar-refractivity contribution is -0.120. The molecule has 0 bridgehead atoms. The third kappa shape index (κ3) is 3.75. The molecule has 1 N–H and O–H groups in total. The molecule has 6 nitrogen and oxygen atoms in total. The van der Waals surface area contributed by atoms with Crippen molar-refractivity contribution in [1.82, 2.24) is 10.3 Å². The lowest BCUT2D eigenvalue weighted by atomic mass is 10.0. The summed E-state index contributed by atoms with van der Waals surface area (Å²) < 4.78 is 5.16. The molecule has 7 heteroatoms. The fourth-order valence-electron chi connectivity index (χ4n) is 3.25. The molecule has 2 aromatic carbocycles. The Bertz CT molecular complexity index is 926. The van der Waals surface area contributed by atoms with Crippen molar-refractivity contribution < 1.29 is 9.53 Å². The quantitative estimate of drug-likeness (QED) is 0.836. The van der Waals surface area contributed by atoms with E-state index >= 15 is 0 Å². The van der Waals surface area contributed by atoms with Crippen LogP contribution in [0.1, 0.15) is 30.5 Å². The van der Waals surface area contributed by atoms with E-state index in [1.54, 1.807) is 7.11 Å². The molecule has 0 saturated carbocycles. The number of benzene rings is 2. The third-order valence-corrected chi connectivity index (χ3v) is 5.87. The second kappa shape index (κ2) is 8.06. The zero-order valence-corrected chi connectivity index (χ0v) is 16.6. The van der Waals surface area contributed by atoms with E-state index in [9.17, 15) is 4.79 Å². The molecule has 0 fully saturated rings. The van der Waals surface area contributed by atoms with E-state index in [1.165, 1.54) is 17.3 Å². The number of nitrogens with zero attached hydrogens (tertiary/aromatic N) is 3. The minimum Gasteiger partial charge on any atom is -0.497 e. The number of amides is 1. The molecule has 0 unspecified atom stereocenters. The van der Waals surface area contributed by atoms with Crippen molar-refractivity contribution in [2.24, 2.45) is 10.1 Å². The van der Waals surface area contributed by atoms with E-state index in [0.29, 0.717) is 6.54 Å². The Morgan fingerprint density at radius 1 is 1.29 bits per heavy atom. The number of aliphatic imine (C=N–C) groups is 1. The molecule has 28 heavy (non-hydrogen) atoms. The van der Waals surface area contributed by atoms with Crippen LogP contribution in [0, 0.1) is 0 Å². The minimum absolute atomic E-state index is 0.0258. The van der Waals surface area contributed by atoms with Gasteiger partial charge >= 0.3 is 0 Å². The first-order valence-corrected chi connectivity index (χ1v) is 10.1. The first-order valence-electron chi connectivity index (χ1n) is 9.22. The number of ether oxygens (including phenoxy) is 1. The van der Waals surface area contributed by atoms with Crippen LogP contribution in [-0.4, -0.2) is 34.7 Å². The number of methoxy groups -OCH3 is 1. The lowest BCUT2D eigenvalue weighted by Gasteiger charge is -2.30. The molecule has 2 aromatic rings. The number of amidine groups is 1. The maximum Gasteiger partial charge on any atom is 0.233 e. The van der Waals surface area contributed by atoms with Gasteiger partial charge in [0.2, 0.25) is 5.91 Å². The maximum absolute atomic E-state index is 12.6. The van der Waals surface area contributed by atoms with Gasteiger partial charge < -0.3 is 10.1 Å². The number of nitrogens with one attached hydrogen (secondary N) is 1. The predicted molar refractivity (Wildman–Crippen MR) is 113 cm³/mol. The molecule has 2 aliphatic heterocycles. The number of carbonyl (C=O) groups is 1. The summed E-state index contributed by atoms with van der Waals surface area (Å²) in [6, 6.07) is 16.0. The molecule has 0 spiro atoms. The molecule has 0 aromatic heterocycles. The van der Waals surface area contributed by atoms with Crippen LogP contribution in [0.15, 0.2) is 58.6 Å². The van der Waals surface area contributed by atoms with Gasteiger partial charge in [-0.15, -0.1) is 0 Å². The predicted octanol–water partition coefficient (Wildman–Crippen LogP) is 3.87. The highest BCUT2D eigenvalue weighted by atomic mass is 32.2. The van der Waals surface area contributed by atoms with E-state index in [0.717, 1.165) is 28.6 Å². The van der Waals surface area contributed by atoms with Crippen molar-refractivity contribution in [3.8, 4) is 5.75 Å². The molecule has 4 rings (SSSR count). The summed E-state index contributed by atoms with van der Waals surface area (Å²) in [5.74, 6) is 0.775. The highest BCUT2D eigenvalue weighted by Crippen LogP contribution is 2.41. The summed E-state index contributed by atoms with van der Waals surface area (Å²) in [6.45, 7) is 2.37. The first-order chi connectivity index (χ1) is 13.7. The summed E-state index contributed by atoms with van der Waals surface area (Å²) in [4.78, 5) is 17.3. The number of carbonyl (C=O) groups excluding carboxylic acids is 1. The number of rotatable bonds is 5. The van der Waals surface area contributed by atoms with Crippen LogP contribution >= 0.6 is 11.8 Å². The van der Waals surface area contributed by atoms with Gasteiger partial charge in [0.15, 0.2) is 5.17 Å². The summed E-state index contributed by atoms with van der Waals surface area (Å²) in [6.07, 6.45) is 2.77. The molecule has 2 heterocycles. The van der Waals surface area contributed by atoms with Crippen LogP contribution in [0.25, 0.3) is 0 Å². The van der Waals surface area contributed by atoms with Gasteiger partial charge in [-0.1, -0.05) is 42.1 Å². The third-order valence-electron chi connectivity index (χ3n) is 4.81. The summed E-state index contributed by atoms with van der Waals surface area (Å²) in [7, 11) is 1.64. The zero-order chi connectivity index (χ0) is 19.5. The van der Waals surface area contributed by atoms with E-state index in [1.807, 2.05) is 60.6 Å². The van der Waals surface area contributed by atoms with Crippen LogP contribution < -0.4 is 10.1 Å². The molecule has 1 amide bonds. The monoisotopic (exact) mass is 394 g/mol. The molecule has 0 radical (unpaired) electrons. The van der Waals surface area contributed by atoms with Crippen molar-refractivity contribution in [2.45, 2.75) is 31.2 Å². The number of thioether (sulfide) groups is 1. The Morgan fingerprint density at radius 2 is 2.07 bits per heavy atom. The average molecular weight is 395 g/mol.